The molecule has 0 saturated heterocycles. The second-order valence-corrected chi connectivity index (χ2v) is 6.12. The van der Waals surface area contributed by atoms with Gasteiger partial charge in [-0.1, -0.05) is 17.3 Å². The third-order valence-corrected chi connectivity index (χ3v) is 4.66. The molecule has 0 fully saturated rings. The maximum Gasteiger partial charge on any atom is 0.254 e. The van der Waals surface area contributed by atoms with Crippen LogP contribution < -0.4 is 0 Å². The van der Waals surface area contributed by atoms with Crippen molar-refractivity contribution in [2.75, 3.05) is 6.54 Å². The van der Waals surface area contributed by atoms with E-state index in [9.17, 15) is 4.79 Å². The van der Waals surface area contributed by atoms with E-state index in [1.165, 1.54) is 5.56 Å². The van der Waals surface area contributed by atoms with Crippen molar-refractivity contribution in [2.24, 2.45) is 0 Å². The molecular weight excluding hydrogens is 296 g/mol. The van der Waals surface area contributed by atoms with E-state index in [2.05, 4.69) is 22.0 Å². The standard InChI is InChI=1S/C17H14N2O2S/c20-17(19-7-5-16-15(10-19)9-18-21-16)13-3-1-12(2-4-13)14-6-8-22-11-14/h1-4,6,8-9,11H,5,7,10H2. The van der Waals surface area contributed by atoms with Gasteiger partial charge >= 0.3 is 0 Å². The molecule has 0 spiro atoms. The zero-order valence-corrected chi connectivity index (χ0v) is 12.7. The third-order valence-electron chi connectivity index (χ3n) is 3.97. The van der Waals surface area contributed by atoms with Crippen molar-refractivity contribution in [1.29, 1.82) is 0 Å². The predicted octanol–water partition coefficient (Wildman–Crippen LogP) is 3.60. The Hall–Kier alpha value is -2.40. The SMILES string of the molecule is O=C(c1ccc(-c2ccsc2)cc1)N1CCc2oncc2C1. The summed E-state index contributed by atoms with van der Waals surface area (Å²) in [6.45, 7) is 1.25. The van der Waals surface area contributed by atoms with E-state index < -0.39 is 0 Å². The van der Waals surface area contributed by atoms with Crippen LogP contribution in [0, 0.1) is 0 Å². The molecule has 5 heteroatoms. The molecule has 0 radical (unpaired) electrons. The topological polar surface area (TPSA) is 46.3 Å². The Labute approximate surface area is 132 Å². The average molecular weight is 310 g/mol. The van der Waals surface area contributed by atoms with E-state index in [0.717, 1.165) is 28.9 Å². The first-order valence-corrected chi connectivity index (χ1v) is 8.10. The summed E-state index contributed by atoms with van der Waals surface area (Å²) >= 11 is 1.67. The Morgan fingerprint density at radius 3 is 2.82 bits per heavy atom. The quantitative estimate of drug-likeness (QED) is 0.726. The van der Waals surface area contributed by atoms with Crippen molar-refractivity contribution < 1.29 is 9.32 Å². The van der Waals surface area contributed by atoms with Crippen LogP contribution >= 0.6 is 11.3 Å². The van der Waals surface area contributed by atoms with Gasteiger partial charge < -0.3 is 9.42 Å². The number of carbonyl (C=O) groups excluding carboxylic acids is 1. The monoisotopic (exact) mass is 310 g/mol. The molecule has 4 nitrogen and oxygen atoms in total. The predicted molar refractivity (Wildman–Crippen MR) is 84.7 cm³/mol. The first kappa shape index (κ1) is 13.3. The summed E-state index contributed by atoms with van der Waals surface area (Å²) < 4.78 is 5.16. The number of rotatable bonds is 2. The Kier molecular flexibility index (Phi) is 3.27. The number of nitrogens with zero attached hydrogens (tertiary/aromatic N) is 2. The normalized spacial score (nSPS) is 13.9. The number of hydrogen-bond donors (Lipinski definition) is 0. The van der Waals surface area contributed by atoms with Crippen molar-refractivity contribution >= 4 is 17.2 Å². The number of fused-ring (bicyclic) bond motifs is 1. The molecule has 0 N–H and O–H groups in total. The van der Waals surface area contributed by atoms with Gasteiger partial charge in [0.15, 0.2) is 0 Å². The molecular formula is C17H14N2O2S. The molecule has 110 valence electrons. The molecule has 1 aromatic carbocycles. The zero-order chi connectivity index (χ0) is 14.9. The lowest BCUT2D eigenvalue weighted by molar-refractivity contribution is 0.0729. The minimum atomic E-state index is 0.0590. The Morgan fingerprint density at radius 1 is 1.18 bits per heavy atom. The van der Waals surface area contributed by atoms with E-state index >= 15 is 0 Å². The minimum absolute atomic E-state index is 0.0590. The van der Waals surface area contributed by atoms with Gasteiger partial charge in [-0.2, -0.15) is 11.3 Å². The van der Waals surface area contributed by atoms with Gasteiger partial charge in [-0.15, -0.1) is 0 Å². The highest BCUT2D eigenvalue weighted by Gasteiger charge is 2.24. The lowest BCUT2D eigenvalue weighted by Crippen LogP contribution is -2.35. The van der Waals surface area contributed by atoms with Crippen LogP contribution in [0.4, 0.5) is 0 Å². The summed E-state index contributed by atoms with van der Waals surface area (Å²) in [6.07, 6.45) is 2.43. The lowest BCUT2D eigenvalue weighted by Gasteiger charge is -2.25. The molecule has 0 bridgehead atoms. The number of hydrogen-bond acceptors (Lipinski definition) is 4. The Balaban J connectivity index is 1.54. The fourth-order valence-corrected chi connectivity index (χ4v) is 3.40. The fourth-order valence-electron chi connectivity index (χ4n) is 2.73. The van der Waals surface area contributed by atoms with Crippen LogP contribution in [-0.4, -0.2) is 22.5 Å². The van der Waals surface area contributed by atoms with Crippen molar-refractivity contribution in [1.82, 2.24) is 10.1 Å². The van der Waals surface area contributed by atoms with Gasteiger partial charge in [-0.25, -0.2) is 0 Å². The van der Waals surface area contributed by atoms with Crippen LogP contribution in [0.3, 0.4) is 0 Å². The Bertz CT molecular complexity index is 790. The van der Waals surface area contributed by atoms with Crippen LogP contribution in [0.2, 0.25) is 0 Å². The van der Waals surface area contributed by atoms with E-state index in [-0.39, 0.29) is 5.91 Å². The second kappa shape index (κ2) is 5.42. The highest BCUT2D eigenvalue weighted by molar-refractivity contribution is 7.08. The van der Waals surface area contributed by atoms with E-state index in [1.807, 2.05) is 29.2 Å². The number of aromatic nitrogens is 1. The molecule has 1 aliphatic heterocycles. The molecule has 22 heavy (non-hydrogen) atoms. The van der Waals surface area contributed by atoms with Crippen molar-refractivity contribution in [3.05, 3.63) is 64.2 Å². The van der Waals surface area contributed by atoms with Gasteiger partial charge in [0.05, 0.1) is 12.7 Å². The van der Waals surface area contributed by atoms with Crippen LogP contribution in [0.25, 0.3) is 11.1 Å². The molecule has 0 saturated carbocycles. The van der Waals surface area contributed by atoms with Crippen LogP contribution in [0.5, 0.6) is 0 Å². The van der Waals surface area contributed by atoms with Gasteiger partial charge in [0, 0.05) is 24.1 Å². The smallest absolute Gasteiger partial charge is 0.254 e. The molecule has 3 heterocycles. The average Bonchev–Trinajstić information content (AvgIpc) is 3.25. The summed E-state index contributed by atoms with van der Waals surface area (Å²) in [5.74, 6) is 0.959. The maximum atomic E-state index is 12.6. The lowest BCUT2D eigenvalue weighted by atomic mass is 10.0. The van der Waals surface area contributed by atoms with Crippen LogP contribution in [0.1, 0.15) is 21.7 Å². The Morgan fingerprint density at radius 2 is 2.05 bits per heavy atom. The molecule has 2 aromatic heterocycles. The summed E-state index contributed by atoms with van der Waals surface area (Å²) in [5.41, 5.74) is 4.06. The van der Waals surface area contributed by atoms with Gasteiger partial charge in [0.1, 0.15) is 5.76 Å². The second-order valence-electron chi connectivity index (χ2n) is 5.34. The molecule has 1 amide bonds. The van der Waals surface area contributed by atoms with Gasteiger partial charge in [0.2, 0.25) is 0 Å². The third kappa shape index (κ3) is 2.33. The van der Waals surface area contributed by atoms with Gasteiger partial charge in [-0.3, -0.25) is 4.79 Å². The fraction of sp³-hybridized carbons (Fsp3) is 0.176. The maximum absolute atomic E-state index is 12.6. The van der Waals surface area contributed by atoms with E-state index in [4.69, 9.17) is 4.52 Å². The highest BCUT2D eigenvalue weighted by Crippen LogP contribution is 2.24. The number of benzene rings is 1. The number of carbonyl (C=O) groups is 1. The molecule has 0 unspecified atom stereocenters. The number of thiophene rings is 1. The van der Waals surface area contributed by atoms with Crippen molar-refractivity contribution in [3.8, 4) is 11.1 Å². The van der Waals surface area contributed by atoms with Crippen molar-refractivity contribution in [2.45, 2.75) is 13.0 Å². The van der Waals surface area contributed by atoms with Gasteiger partial charge in [-0.05, 0) is 40.1 Å². The van der Waals surface area contributed by atoms with Gasteiger partial charge in [0.25, 0.3) is 5.91 Å². The zero-order valence-electron chi connectivity index (χ0n) is 11.9. The highest BCUT2D eigenvalue weighted by atomic mass is 32.1. The minimum Gasteiger partial charge on any atom is -0.361 e. The van der Waals surface area contributed by atoms with E-state index in [1.54, 1.807) is 17.5 Å². The first-order chi connectivity index (χ1) is 10.8. The molecule has 0 aliphatic carbocycles. The molecule has 3 aromatic rings. The molecule has 0 atom stereocenters. The largest absolute Gasteiger partial charge is 0.361 e. The molecule has 4 rings (SSSR count). The van der Waals surface area contributed by atoms with Crippen LogP contribution in [-0.2, 0) is 13.0 Å². The first-order valence-electron chi connectivity index (χ1n) is 7.15. The number of amides is 1. The summed E-state index contributed by atoms with van der Waals surface area (Å²) in [6, 6.07) is 9.89. The van der Waals surface area contributed by atoms with Crippen LogP contribution in [0.15, 0.2) is 51.8 Å². The van der Waals surface area contributed by atoms with E-state index in [0.29, 0.717) is 13.1 Å². The summed E-state index contributed by atoms with van der Waals surface area (Å²) in [7, 11) is 0. The van der Waals surface area contributed by atoms with Crippen molar-refractivity contribution in [3.63, 3.8) is 0 Å². The molecule has 1 aliphatic rings. The summed E-state index contributed by atoms with van der Waals surface area (Å²) in [5, 5.41) is 7.96. The summed E-state index contributed by atoms with van der Waals surface area (Å²) in [4.78, 5) is 14.5.